The third-order valence-electron chi connectivity index (χ3n) is 5.03. The van der Waals surface area contributed by atoms with Gasteiger partial charge in [0, 0.05) is 25.7 Å². The number of thiophene rings is 1. The van der Waals surface area contributed by atoms with E-state index in [1.54, 1.807) is 0 Å². The molecule has 0 bridgehead atoms. The number of carbonyl (C=O) groups excluding carboxylic acids is 1. The number of nitrogens with zero attached hydrogens (tertiary/aromatic N) is 5. The fourth-order valence-corrected chi connectivity index (χ4v) is 4.33. The van der Waals surface area contributed by atoms with Crippen molar-refractivity contribution < 1.29 is 9.53 Å². The van der Waals surface area contributed by atoms with Gasteiger partial charge in [0.2, 0.25) is 0 Å². The van der Waals surface area contributed by atoms with E-state index in [1.807, 2.05) is 11.4 Å². The lowest BCUT2D eigenvalue weighted by Gasteiger charge is -2.38. The molecule has 0 radical (unpaired) electrons. The van der Waals surface area contributed by atoms with Crippen LogP contribution in [0.1, 0.15) is 36.4 Å². The van der Waals surface area contributed by atoms with Crippen LogP contribution < -0.4 is 5.32 Å². The van der Waals surface area contributed by atoms with E-state index in [0.717, 1.165) is 39.1 Å². The number of hydrogen-bond donors (Lipinski definition) is 1. The van der Waals surface area contributed by atoms with E-state index < -0.39 is 0 Å². The molecular formula is C17H26N6O2S. The van der Waals surface area contributed by atoms with Gasteiger partial charge in [-0.1, -0.05) is 26.7 Å². The number of aromatic nitrogens is 4. The van der Waals surface area contributed by atoms with Crippen molar-refractivity contribution >= 4 is 17.2 Å². The molecule has 2 aromatic rings. The summed E-state index contributed by atoms with van der Waals surface area (Å²) >= 11 is 1.40. The van der Waals surface area contributed by atoms with Gasteiger partial charge in [0.15, 0.2) is 0 Å². The highest BCUT2D eigenvalue weighted by Crippen LogP contribution is 2.22. The van der Waals surface area contributed by atoms with Crippen molar-refractivity contribution in [2.45, 2.75) is 32.7 Å². The number of rotatable bonds is 8. The van der Waals surface area contributed by atoms with Crippen molar-refractivity contribution in [2.75, 3.05) is 32.8 Å². The number of ether oxygens (including phenoxy) is 1. The van der Waals surface area contributed by atoms with E-state index in [-0.39, 0.29) is 5.91 Å². The fourth-order valence-electron chi connectivity index (χ4n) is 3.54. The smallest absolute Gasteiger partial charge is 0.263 e. The Labute approximate surface area is 157 Å². The molecule has 0 aromatic carbocycles. The predicted molar refractivity (Wildman–Crippen MR) is 99.6 cm³/mol. The van der Waals surface area contributed by atoms with Crippen LogP contribution in [0.25, 0.3) is 5.69 Å². The summed E-state index contributed by atoms with van der Waals surface area (Å²) < 4.78 is 7.01. The fraction of sp³-hybridized carbons (Fsp3) is 0.647. The van der Waals surface area contributed by atoms with Gasteiger partial charge < -0.3 is 10.1 Å². The molecular weight excluding hydrogens is 352 g/mol. The molecule has 2 aromatic heterocycles. The summed E-state index contributed by atoms with van der Waals surface area (Å²) in [7, 11) is 0. The maximum absolute atomic E-state index is 12.8. The van der Waals surface area contributed by atoms with E-state index in [9.17, 15) is 4.79 Å². The van der Waals surface area contributed by atoms with Crippen molar-refractivity contribution in [1.29, 1.82) is 0 Å². The van der Waals surface area contributed by atoms with Crippen LogP contribution in [0.5, 0.6) is 0 Å². The molecule has 1 saturated heterocycles. The van der Waals surface area contributed by atoms with Gasteiger partial charge in [-0.15, -0.1) is 16.4 Å². The standard InChI is InChI=1S/C17H26N6O2S/c1-3-13(4-2)15(22-6-8-25-9-7-22)11-18-17(24)16-14(5-10-26-16)23-12-19-20-21-23/h5,10,12-13,15H,3-4,6-9,11H2,1-2H3,(H,18,24). The van der Waals surface area contributed by atoms with Gasteiger partial charge in [-0.05, 0) is 27.8 Å². The van der Waals surface area contributed by atoms with Gasteiger partial charge in [0.05, 0.1) is 18.9 Å². The van der Waals surface area contributed by atoms with Crippen LogP contribution >= 0.6 is 11.3 Å². The Morgan fingerprint density at radius 3 is 2.77 bits per heavy atom. The summed E-state index contributed by atoms with van der Waals surface area (Å²) in [6, 6.07) is 2.19. The van der Waals surface area contributed by atoms with Gasteiger partial charge in [-0.3, -0.25) is 9.69 Å². The first-order valence-corrected chi connectivity index (χ1v) is 10.0. The van der Waals surface area contributed by atoms with Crippen LogP contribution in [0.3, 0.4) is 0 Å². The molecule has 26 heavy (non-hydrogen) atoms. The number of tetrazole rings is 1. The van der Waals surface area contributed by atoms with E-state index in [0.29, 0.717) is 29.1 Å². The zero-order chi connectivity index (χ0) is 18.4. The highest BCUT2D eigenvalue weighted by Gasteiger charge is 2.28. The van der Waals surface area contributed by atoms with Gasteiger partial charge in [-0.2, -0.15) is 4.68 Å². The summed E-state index contributed by atoms with van der Waals surface area (Å²) in [6.07, 6.45) is 3.70. The van der Waals surface area contributed by atoms with Crippen LogP contribution in [0.15, 0.2) is 17.8 Å². The molecule has 1 aliphatic rings. The quantitative estimate of drug-likeness (QED) is 0.751. The molecule has 1 amide bonds. The zero-order valence-corrected chi connectivity index (χ0v) is 16.1. The third kappa shape index (κ3) is 4.28. The maximum atomic E-state index is 12.8. The lowest BCUT2D eigenvalue weighted by atomic mass is 9.92. The number of carbonyl (C=O) groups is 1. The van der Waals surface area contributed by atoms with Crippen molar-refractivity contribution in [2.24, 2.45) is 5.92 Å². The highest BCUT2D eigenvalue weighted by atomic mass is 32.1. The average molecular weight is 379 g/mol. The molecule has 0 saturated carbocycles. The van der Waals surface area contributed by atoms with Crippen molar-refractivity contribution in [1.82, 2.24) is 30.4 Å². The molecule has 0 aliphatic carbocycles. The van der Waals surface area contributed by atoms with Crippen LogP contribution in [-0.2, 0) is 4.74 Å². The number of morpholine rings is 1. The highest BCUT2D eigenvalue weighted by molar-refractivity contribution is 7.12. The zero-order valence-electron chi connectivity index (χ0n) is 15.3. The first kappa shape index (κ1) is 18.9. The summed E-state index contributed by atoms with van der Waals surface area (Å²) in [6.45, 7) is 8.45. The first-order valence-electron chi connectivity index (χ1n) is 9.15. The van der Waals surface area contributed by atoms with Gasteiger partial charge in [-0.25, -0.2) is 0 Å². The number of nitrogens with one attached hydrogen (secondary N) is 1. The summed E-state index contributed by atoms with van der Waals surface area (Å²) in [5.74, 6) is 0.477. The van der Waals surface area contributed by atoms with E-state index in [4.69, 9.17) is 4.74 Å². The lowest BCUT2D eigenvalue weighted by molar-refractivity contribution is 0.00192. The second kappa shape index (κ2) is 9.20. The minimum atomic E-state index is -0.0743. The summed E-state index contributed by atoms with van der Waals surface area (Å²) in [4.78, 5) is 15.9. The molecule has 1 atom stereocenters. The average Bonchev–Trinajstić information content (AvgIpc) is 3.36. The van der Waals surface area contributed by atoms with E-state index >= 15 is 0 Å². The number of hydrogen-bond acceptors (Lipinski definition) is 7. The molecule has 3 heterocycles. The Morgan fingerprint density at radius 1 is 1.35 bits per heavy atom. The van der Waals surface area contributed by atoms with Crippen LogP contribution in [0, 0.1) is 5.92 Å². The second-order valence-corrected chi connectivity index (χ2v) is 7.31. The first-order chi connectivity index (χ1) is 12.7. The van der Waals surface area contributed by atoms with Gasteiger partial charge in [0.1, 0.15) is 11.2 Å². The van der Waals surface area contributed by atoms with Crippen molar-refractivity contribution in [3.8, 4) is 5.69 Å². The Bertz CT molecular complexity index is 679. The molecule has 1 N–H and O–H groups in total. The minimum absolute atomic E-state index is 0.0743. The maximum Gasteiger partial charge on any atom is 0.263 e. The van der Waals surface area contributed by atoms with Crippen LogP contribution in [-0.4, -0.2) is 69.9 Å². The third-order valence-corrected chi connectivity index (χ3v) is 5.93. The topological polar surface area (TPSA) is 85.2 Å². The molecule has 1 aliphatic heterocycles. The largest absolute Gasteiger partial charge is 0.379 e. The monoisotopic (exact) mass is 378 g/mol. The Balaban J connectivity index is 1.68. The van der Waals surface area contributed by atoms with E-state index in [2.05, 4.69) is 39.6 Å². The Hall–Kier alpha value is -1.84. The Morgan fingerprint density at radius 2 is 2.12 bits per heavy atom. The molecule has 0 spiro atoms. The summed E-state index contributed by atoms with van der Waals surface area (Å²) in [5, 5.41) is 16.2. The van der Waals surface area contributed by atoms with Crippen LogP contribution in [0.2, 0.25) is 0 Å². The SMILES string of the molecule is CCC(CC)C(CNC(=O)c1sccc1-n1cnnn1)N1CCOCC1. The van der Waals surface area contributed by atoms with Crippen molar-refractivity contribution in [3.63, 3.8) is 0 Å². The summed E-state index contributed by atoms with van der Waals surface area (Å²) in [5.41, 5.74) is 0.711. The number of amides is 1. The second-order valence-electron chi connectivity index (χ2n) is 6.39. The van der Waals surface area contributed by atoms with Crippen LogP contribution in [0.4, 0.5) is 0 Å². The Kier molecular flexibility index (Phi) is 6.70. The normalized spacial score (nSPS) is 16.7. The van der Waals surface area contributed by atoms with Gasteiger partial charge >= 0.3 is 0 Å². The molecule has 8 nitrogen and oxygen atoms in total. The molecule has 142 valence electrons. The predicted octanol–water partition coefficient (Wildman–Crippen LogP) is 1.59. The van der Waals surface area contributed by atoms with Crippen molar-refractivity contribution in [3.05, 3.63) is 22.7 Å². The lowest BCUT2D eigenvalue weighted by Crippen LogP contribution is -2.52. The molecule has 1 unspecified atom stereocenters. The molecule has 9 heteroatoms. The van der Waals surface area contributed by atoms with E-state index in [1.165, 1.54) is 22.3 Å². The minimum Gasteiger partial charge on any atom is -0.379 e. The van der Waals surface area contributed by atoms with Gasteiger partial charge in [0.25, 0.3) is 5.91 Å². The molecule has 3 rings (SSSR count). The molecule has 1 fully saturated rings.